The predicted octanol–water partition coefficient (Wildman–Crippen LogP) is 2.22. The first-order valence-electron chi connectivity index (χ1n) is 11.6. The molecule has 202 valence electrons. The lowest BCUT2D eigenvalue weighted by Crippen LogP contribution is -2.70. The zero-order valence-corrected chi connectivity index (χ0v) is 23.2. The molecular weight excluding hydrogens is 552 g/mol. The molecule has 0 spiro atoms. The van der Waals surface area contributed by atoms with E-state index in [-0.39, 0.29) is 29.3 Å². The number of thioether (sulfide) groups is 2. The number of nitrogens with zero attached hydrogens (tertiary/aromatic N) is 3. The van der Waals surface area contributed by atoms with Crippen molar-refractivity contribution in [2.24, 2.45) is 5.92 Å². The van der Waals surface area contributed by atoms with Gasteiger partial charge in [-0.2, -0.15) is 0 Å². The number of aliphatic carboxylic acids is 1. The van der Waals surface area contributed by atoms with Crippen LogP contribution in [-0.4, -0.2) is 78.6 Å². The number of carbonyl (C=O) groups excluding carboxylic acids is 3. The van der Waals surface area contributed by atoms with Crippen LogP contribution in [0.2, 0.25) is 0 Å². The molecule has 0 saturated carbocycles. The van der Waals surface area contributed by atoms with Crippen LogP contribution in [0, 0.1) is 12.8 Å². The Hall–Kier alpha value is -2.94. The number of carbonyl (C=O) groups is 4. The lowest BCUT2D eigenvalue weighted by Gasteiger charge is -2.49. The highest BCUT2D eigenvalue weighted by atomic mass is 32.2. The summed E-state index contributed by atoms with van der Waals surface area (Å²) < 4.78 is 5.88. The van der Waals surface area contributed by atoms with Crippen LogP contribution in [0.1, 0.15) is 40.9 Å². The Bertz CT molecular complexity index is 1280. The molecule has 3 atom stereocenters. The summed E-state index contributed by atoms with van der Waals surface area (Å²) in [6.07, 6.45) is -1.58. The number of rotatable bonds is 10. The molecular formula is C24H26N4O7S3. The van der Waals surface area contributed by atoms with Gasteiger partial charge in [-0.25, -0.2) is 9.59 Å². The summed E-state index contributed by atoms with van der Waals surface area (Å²) >= 11 is 4.11. The third-order valence-corrected chi connectivity index (χ3v) is 9.08. The minimum atomic E-state index is -1.58. The van der Waals surface area contributed by atoms with Gasteiger partial charge in [0.25, 0.3) is 11.8 Å². The van der Waals surface area contributed by atoms with E-state index in [1.807, 2.05) is 20.8 Å². The number of aliphatic hydroxyl groups excluding tert-OH is 1. The number of esters is 1. The zero-order chi connectivity index (χ0) is 27.6. The molecule has 3 heterocycles. The molecule has 11 nitrogen and oxygen atoms in total. The highest BCUT2D eigenvalue weighted by Gasteiger charge is 2.54. The van der Waals surface area contributed by atoms with Crippen LogP contribution >= 0.6 is 34.9 Å². The number of aromatic nitrogens is 2. The average Bonchev–Trinajstić information content (AvgIpc) is 3.32. The van der Waals surface area contributed by atoms with Crippen molar-refractivity contribution in [2.75, 3.05) is 18.1 Å². The molecule has 0 radical (unpaired) electrons. The van der Waals surface area contributed by atoms with Gasteiger partial charge in [0.05, 0.1) is 12.2 Å². The number of hydrogen-bond donors (Lipinski definition) is 3. The fraction of sp³-hybridized carbons (Fsp3) is 0.417. The molecule has 2 aromatic rings. The molecule has 0 aliphatic carbocycles. The maximum Gasteiger partial charge on any atom is 0.352 e. The van der Waals surface area contributed by atoms with Gasteiger partial charge in [0.1, 0.15) is 22.1 Å². The van der Waals surface area contributed by atoms with E-state index in [1.165, 1.54) is 64.0 Å². The Morgan fingerprint density at radius 3 is 2.55 bits per heavy atom. The van der Waals surface area contributed by atoms with E-state index in [1.54, 1.807) is 0 Å². The minimum absolute atomic E-state index is 0.0847. The Labute approximate surface area is 231 Å². The van der Waals surface area contributed by atoms with E-state index < -0.39 is 41.3 Å². The van der Waals surface area contributed by atoms with Gasteiger partial charge in [-0.1, -0.05) is 49.1 Å². The standard InChI is InChI=1S/C24H26N4O7S3/c1-11(2)8-35-23(34)14-6-4-13(5-7-14)18(29)19(30)25-16-20(31)28-17(22(32)33)15(9-36-21(16)28)10-37-24-27-26-12(3)38-24/h4-7,11,16,18,21,29H,8-10H2,1-3H3,(H,25,30)(H,32,33)/t16?,18?,21-/m1/s1. The van der Waals surface area contributed by atoms with Gasteiger partial charge in [-0.3, -0.25) is 14.5 Å². The third kappa shape index (κ3) is 6.03. The molecule has 0 bridgehead atoms. The van der Waals surface area contributed by atoms with E-state index in [9.17, 15) is 29.4 Å². The topological polar surface area (TPSA) is 159 Å². The van der Waals surface area contributed by atoms with Crippen molar-refractivity contribution in [3.8, 4) is 0 Å². The van der Waals surface area contributed by atoms with E-state index >= 15 is 0 Å². The van der Waals surface area contributed by atoms with Gasteiger partial charge in [-0.05, 0) is 36.1 Å². The summed E-state index contributed by atoms with van der Waals surface area (Å²) in [6.45, 7) is 5.94. The number of carboxylic acid groups (broad SMARTS) is 1. The van der Waals surface area contributed by atoms with Crippen LogP contribution in [-0.2, 0) is 19.1 Å². The Morgan fingerprint density at radius 1 is 1.24 bits per heavy atom. The van der Waals surface area contributed by atoms with Crippen molar-refractivity contribution in [2.45, 2.75) is 42.6 Å². The second-order valence-electron chi connectivity index (χ2n) is 9.05. The number of aryl methyl sites for hydroxylation is 1. The molecule has 1 aromatic carbocycles. The van der Waals surface area contributed by atoms with Gasteiger partial charge >= 0.3 is 11.9 Å². The number of fused-ring (bicyclic) bond motifs is 1. The van der Waals surface area contributed by atoms with Crippen LogP contribution in [0.15, 0.2) is 39.9 Å². The molecule has 3 N–H and O–H groups in total. The number of nitrogens with one attached hydrogen (secondary N) is 1. The van der Waals surface area contributed by atoms with Crippen molar-refractivity contribution in [3.63, 3.8) is 0 Å². The van der Waals surface area contributed by atoms with Gasteiger partial charge in [0.2, 0.25) is 0 Å². The van der Waals surface area contributed by atoms with Crippen molar-refractivity contribution < 1.29 is 34.1 Å². The first-order valence-corrected chi connectivity index (χ1v) is 14.5. The third-order valence-electron chi connectivity index (χ3n) is 5.68. The van der Waals surface area contributed by atoms with Crippen LogP contribution in [0.5, 0.6) is 0 Å². The summed E-state index contributed by atoms with van der Waals surface area (Å²) in [7, 11) is 0. The Kier molecular flexibility index (Phi) is 8.75. The highest BCUT2D eigenvalue weighted by molar-refractivity contribution is 8.01. The minimum Gasteiger partial charge on any atom is -0.477 e. The monoisotopic (exact) mass is 578 g/mol. The first-order chi connectivity index (χ1) is 18.1. The SMILES string of the molecule is Cc1nnc(SCC2=C(C(=O)O)N3C(=O)C(NC(=O)C(O)c4ccc(C(=O)OCC(C)C)cc4)[C@H]3SC2)s1. The summed E-state index contributed by atoms with van der Waals surface area (Å²) in [5, 5.41) is 31.1. The van der Waals surface area contributed by atoms with Crippen LogP contribution in [0.4, 0.5) is 0 Å². The van der Waals surface area contributed by atoms with Crippen molar-refractivity contribution in [3.05, 3.63) is 51.7 Å². The number of benzene rings is 1. The fourth-order valence-corrected chi connectivity index (χ4v) is 7.09. The smallest absolute Gasteiger partial charge is 0.352 e. The molecule has 38 heavy (non-hydrogen) atoms. The lowest BCUT2D eigenvalue weighted by atomic mass is 10.0. The molecule has 2 aliphatic rings. The summed E-state index contributed by atoms with van der Waals surface area (Å²) in [5.74, 6) is -2.18. The summed E-state index contributed by atoms with van der Waals surface area (Å²) in [5.41, 5.74) is 1.02. The second-order valence-corrected chi connectivity index (χ2v) is 12.6. The maximum atomic E-state index is 12.9. The number of carboxylic acids is 1. The van der Waals surface area contributed by atoms with Crippen molar-refractivity contribution in [1.82, 2.24) is 20.4 Å². The molecule has 1 aromatic heterocycles. The largest absolute Gasteiger partial charge is 0.477 e. The Balaban J connectivity index is 1.38. The van der Waals surface area contributed by atoms with Crippen LogP contribution in [0.25, 0.3) is 0 Å². The van der Waals surface area contributed by atoms with E-state index in [0.29, 0.717) is 21.4 Å². The van der Waals surface area contributed by atoms with Gasteiger partial charge in [0, 0.05) is 11.5 Å². The molecule has 14 heteroatoms. The second kappa shape index (κ2) is 11.8. The molecule has 1 fully saturated rings. The first kappa shape index (κ1) is 28.1. The van der Waals surface area contributed by atoms with E-state index in [2.05, 4.69) is 15.5 Å². The van der Waals surface area contributed by atoms with E-state index in [0.717, 1.165) is 5.01 Å². The number of ether oxygens (including phenoxy) is 1. The number of amides is 2. The summed E-state index contributed by atoms with van der Waals surface area (Å²) in [4.78, 5) is 50.9. The van der Waals surface area contributed by atoms with Crippen molar-refractivity contribution >= 4 is 58.6 Å². The molecule has 4 rings (SSSR count). The van der Waals surface area contributed by atoms with Gasteiger partial charge in [-0.15, -0.1) is 22.0 Å². The van der Waals surface area contributed by atoms with Crippen molar-refractivity contribution in [1.29, 1.82) is 0 Å². The normalized spacial score (nSPS) is 19.6. The van der Waals surface area contributed by atoms with Gasteiger partial charge in [0.15, 0.2) is 10.4 Å². The Morgan fingerprint density at radius 2 is 1.95 bits per heavy atom. The quantitative estimate of drug-likeness (QED) is 0.216. The van der Waals surface area contributed by atoms with Crippen LogP contribution < -0.4 is 5.32 Å². The molecule has 1 saturated heterocycles. The fourth-order valence-electron chi connectivity index (χ4n) is 3.79. The molecule has 2 amide bonds. The molecule has 2 aliphatic heterocycles. The lowest BCUT2D eigenvalue weighted by molar-refractivity contribution is -0.151. The number of β-lactam (4-membered cyclic amide) rings is 1. The van der Waals surface area contributed by atoms with Crippen LogP contribution in [0.3, 0.4) is 0 Å². The maximum absolute atomic E-state index is 12.9. The number of aliphatic hydroxyl groups is 1. The average molecular weight is 579 g/mol. The highest BCUT2D eigenvalue weighted by Crippen LogP contribution is 2.42. The number of hydrogen-bond acceptors (Lipinski definition) is 11. The molecule has 2 unspecified atom stereocenters. The van der Waals surface area contributed by atoms with Gasteiger partial charge < -0.3 is 20.3 Å². The zero-order valence-electron chi connectivity index (χ0n) is 20.7. The summed E-state index contributed by atoms with van der Waals surface area (Å²) in [6, 6.07) is 4.81. The predicted molar refractivity (Wildman–Crippen MR) is 142 cm³/mol. The van der Waals surface area contributed by atoms with E-state index in [4.69, 9.17) is 4.74 Å².